The molecule has 0 bridgehead atoms. The molecule has 3 aromatic heterocycles. The molecule has 5 rings (SSSR count). The molecule has 0 aliphatic carbocycles. The number of aryl methyl sites for hydroxylation is 2. The summed E-state index contributed by atoms with van der Waals surface area (Å²) < 4.78 is 49.8. The van der Waals surface area contributed by atoms with E-state index in [1.807, 2.05) is 29.9 Å². The number of carboxylic acids is 1. The number of hydrogen-bond acceptors (Lipinski definition) is 6. The molecular weight excluding hydrogens is 582 g/mol. The number of rotatable bonds is 7. The van der Waals surface area contributed by atoms with Crippen LogP contribution in [0, 0.1) is 12.7 Å². The van der Waals surface area contributed by atoms with Gasteiger partial charge in [-0.25, -0.2) is 14.2 Å². The lowest BCUT2D eigenvalue weighted by molar-refractivity contribution is -0.192. The zero-order chi connectivity index (χ0) is 32.4. The van der Waals surface area contributed by atoms with Gasteiger partial charge in [-0.05, 0) is 58.8 Å². The van der Waals surface area contributed by atoms with Gasteiger partial charge in [0.2, 0.25) is 0 Å². The van der Waals surface area contributed by atoms with Gasteiger partial charge in [-0.1, -0.05) is 13.8 Å². The number of anilines is 2. The maximum atomic E-state index is 14.6. The van der Waals surface area contributed by atoms with Crippen LogP contribution in [0.25, 0.3) is 16.6 Å². The van der Waals surface area contributed by atoms with E-state index in [4.69, 9.17) is 15.0 Å². The van der Waals surface area contributed by atoms with E-state index in [2.05, 4.69) is 40.9 Å². The number of hydrogen-bond donors (Lipinski definition) is 2. The molecule has 4 aromatic rings. The molecule has 1 aliphatic rings. The highest BCUT2D eigenvalue weighted by Crippen LogP contribution is 2.35. The second-order valence-corrected chi connectivity index (χ2v) is 11.0. The standard InChI is InChI=1S/C28H36FN7O.C2HF3O2/c1-6-35(7-2)28(5)11-13-33(14-12-28)24-10-9-21(25-22(24)18-36(8-3)32-25)27(37)31-20-15-23(29)26-30-19(4)16-34(26)17-20;3-2(4,5)1(6)7/h9-10,15-18H,6-8,11-14H2,1-5H3,(H,31,37);(H,6,7). The third-order valence-corrected chi connectivity index (χ3v) is 8.10. The third kappa shape index (κ3) is 6.79. The highest BCUT2D eigenvalue weighted by Gasteiger charge is 2.38. The second kappa shape index (κ2) is 12.8. The predicted octanol–water partition coefficient (Wildman–Crippen LogP) is 5.74. The summed E-state index contributed by atoms with van der Waals surface area (Å²) in [5, 5.41) is 15.7. The lowest BCUT2D eigenvalue weighted by Crippen LogP contribution is -2.53. The number of amides is 1. The quantitative estimate of drug-likeness (QED) is 0.254. The van der Waals surface area contributed by atoms with E-state index in [-0.39, 0.29) is 17.1 Å². The average molecular weight is 620 g/mol. The number of nitrogens with one attached hydrogen (secondary N) is 1. The Morgan fingerprint density at radius 2 is 1.73 bits per heavy atom. The molecule has 1 amide bonds. The van der Waals surface area contributed by atoms with Gasteiger partial charge in [0.1, 0.15) is 5.52 Å². The lowest BCUT2D eigenvalue weighted by Gasteiger charge is -2.47. The molecular formula is C30H37F4N7O3. The molecule has 1 saturated heterocycles. The number of benzene rings is 1. The molecule has 0 saturated carbocycles. The maximum Gasteiger partial charge on any atom is 0.490 e. The molecule has 4 heterocycles. The van der Waals surface area contributed by atoms with E-state index in [9.17, 15) is 22.4 Å². The van der Waals surface area contributed by atoms with E-state index in [0.717, 1.165) is 50.1 Å². The fourth-order valence-corrected chi connectivity index (χ4v) is 5.74. The Morgan fingerprint density at radius 3 is 2.30 bits per heavy atom. The van der Waals surface area contributed by atoms with Gasteiger partial charge in [-0.3, -0.25) is 14.4 Å². The van der Waals surface area contributed by atoms with Crippen molar-refractivity contribution in [3.8, 4) is 0 Å². The molecule has 10 nitrogen and oxygen atoms in total. The summed E-state index contributed by atoms with van der Waals surface area (Å²) in [6.07, 6.45) is 2.52. The molecule has 1 aromatic carbocycles. The fourth-order valence-electron chi connectivity index (χ4n) is 5.74. The maximum absolute atomic E-state index is 14.6. The van der Waals surface area contributed by atoms with Crippen LogP contribution in [-0.4, -0.2) is 78.9 Å². The summed E-state index contributed by atoms with van der Waals surface area (Å²) in [4.78, 5) is 31.4. The summed E-state index contributed by atoms with van der Waals surface area (Å²) in [5.74, 6) is -3.56. The number of carbonyl (C=O) groups excluding carboxylic acids is 1. The van der Waals surface area contributed by atoms with Crippen molar-refractivity contribution in [3.63, 3.8) is 0 Å². The van der Waals surface area contributed by atoms with Crippen LogP contribution in [0.2, 0.25) is 0 Å². The summed E-state index contributed by atoms with van der Waals surface area (Å²) in [5.41, 5.74) is 3.76. The van der Waals surface area contributed by atoms with Gasteiger partial charge in [0, 0.05) is 60.9 Å². The van der Waals surface area contributed by atoms with Crippen LogP contribution in [0.1, 0.15) is 56.6 Å². The van der Waals surface area contributed by atoms with Gasteiger partial charge in [0.25, 0.3) is 5.91 Å². The Labute approximate surface area is 252 Å². The fraction of sp³-hybridized carbons (Fsp3) is 0.467. The Hall–Kier alpha value is -4.20. The molecule has 2 N–H and O–H groups in total. The van der Waals surface area contributed by atoms with E-state index in [0.29, 0.717) is 29.0 Å². The smallest absolute Gasteiger partial charge is 0.475 e. The Kier molecular flexibility index (Phi) is 9.52. The van der Waals surface area contributed by atoms with Crippen molar-refractivity contribution >= 4 is 39.8 Å². The SMILES string of the molecule is CCN(CC)C1(C)CCN(c2ccc(C(=O)Nc3cc(F)c4nc(C)cn4c3)c3nn(CC)cc23)CC1.O=C(O)C(F)(F)F. The minimum absolute atomic E-state index is 0.205. The first kappa shape index (κ1) is 32.7. The third-order valence-electron chi connectivity index (χ3n) is 8.10. The van der Waals surface area contributed by atoms with Crippen molar-refractivity contribution in [3.05, 3.63) is 53.9 Å². The van der Waals surface area contributed by atoms with Crippen LogP contribution in [0.5, 0.6) is 0 Å². The molecule has 14 heteroatoms. The highest BCUT2D eigenvalue weighted by molar-refractivity contribution is 6.13. The van der Waals surface area contributed by atoms with Gasteiger partial charge in [0.15, 0.2) is 11.5 Å². The molecule has 0 unspecified atom stereocenters. The second-order valence-electron chi connectivity index (χ2n) is 11.0. The first-order valence-corrected chi connectivity index (χ1v) is 14.5. The van der Waals surface area contributed by atoms with Crippen LogP contribution in [0.15, 0.2) is 36.8 Å². The van der Waals surface area contributed by atoms with Crippen LogP contribution >= 0.6 is 0 Å². The number of imidazole rings is 1. The first-order chi connectivity index (χ1) is 20.7. The Bertz CT molecular complexity index is 1650. The van der Waals surface area contributed by atoms with Crippen LogP contribution in [-0.2, 0) is 11.3 Å². The molecule has 238 valence electrons. The van der Waals surface area contributed by atoms with Gasteiger partial charge >= 0.3 is 12.1 Å². The van der Waals surface area contributed by atoms with Gasteiger partial charge in [-0.2, -0.15) is 18.3 Å². The number of piperidine rings is 1. The lowest BCUT2D eigenvalue weighted by atomic mass is 9.87. The molecule has 0 atom stereocenters. The van der Waals surface area contributed by atoms with E-state index < -0.39 is 18.0 Å². The number of carboxylic acid groups (broad SMARTS) is 1. The molecule has 44 heavy (non-hydrogen) atoms. The van der Waals surface area contributed by atoms with Crippen LogP contribution in [0.4, 0.5) is 28.9 Å². The van der Waals surface area contributed by atoms with Crippen molar-refractivity contribution in [1.82, 2.24) is 24.1 Å². The van der Waals surface area contributed by atoms with Crippen molar-refractivity contribution in [2.45, 2.75) is 65.7 Å². The topological polar surface area (TPSA) is 108 Å². The van der Waals surface area contributed by atoms with Crippen molar-refractivity contribution in [2.75, 3.05) is 36.4 Å². The predicted molar refractivity (Wildman–Crippen MR) is 160 cm³/mol. The highest BCUT2D eigenvalue weighted by atomic mass is 19.4. The van der Waals surface area contributed by atoms with E-state index in [1.165, 1.54) is 6.07 Å². The summed E-state index contributed by atoms with van der Waals surface area (Å²) in [7, 11) is 0. The van der Waals surface area contributed by atoms with Crippen LogP contribution in [0.3, 0.4) is 0 Å². The summed E-state index contributed by atoms with van der Waals surface area (Å²) in [6.45, 7) is 15.4. The average Bonchev–Trinajstić information content (AvgIpc) is 3.57. The Morgan fingerprint density at radius 1 is 1.09 bits per heavy atom. The van der Waals surface area contributed by atoms with E-state index >= 15 is 0 Å². The van der Waals surface area contributed by atoms with Gasteiger partial charge < -0.3 is 19.7 Å². The largest absolute Gasteiger partial charge is 0.490 e. The van der Waals surface area contributed by atoms with Crippen molar-refractivity contribution in [1.29, 1.82) is 0 Å². The zero-order valence-electron chi connectivity index (χ0n) is 25.4. The number of aromatic nitrogens is 4. The molecule has 1 fully saturated rings. The molecule has 0 spiro atoms. The van der Waals surface area contributed by atoms with Crippen LogP contribution < -0.4 is 10.2 Å². The molecule has 0 radical (unpaired) electrons. The normalized spacial score (nSPS) is 15.0. The number of aliphatic carboxylic acids is 1. The van der Waals surface area contributed by atoms with Crippen molar-refractivity contribution in [2.24, 2.45) is 0 Å². The number of pyridine rings is 1. The minimum Gasteiger partial charge on any atom is -0.475 e. The number of fused-ring (bicyclic) bond motifs is 2. The first-order valence-electron chi connectivity index (χ1n) is 14.5. The summed E-state index contributed by atoms with van der Waals surface area (Å²) >= 11 is 0. The zero-order valence-corrected chi connectivity index (χ0v) is 25.4. The Balaban J connectivity index is 0.000000566. The number of alkyl halides is 3. The van der Waals surface area contributed by atoms with Crippen molar-refractivity contribution < 1.29 is 32.3 Å². The molecule has 1 aliphatic heterocycles. The number of halogens is 4. The van der Waals surface area contributed by atoms with E-state index in [1.54, 1.807) is 23.7 Å². The van der Waals surface area contributed by atoms with Gasteiger partial charge in [-0.15, -0.1) is 0 Å². The van der Waals surface area contributed by atoms with Gasteiger partial charge in [0.05, 0.1) is 16.9 Å². The number of nitrogens with zero attached hydrogens (tertiary/aromatic N) is 6. The minimum atomic E-state index is -5.08. The summed E-state index contributed by atoms with van der Waals surface area (Å²) in [6, 6.07) is 5.17. The number of carbonyl (C=O) groups is 2. The monoisotopic (exact) mass is 619 g/mol.